The van der Waals surface area contributed by atoms with Crippen molar-refractivity contribution in [1.29, 1.82) is 5.26 Å². The number of hydrogen-bond donors (Lipinski definition) is 2. The fourth-order valence-corrected chi connectivity index (χ4v) is 2.25. The Balaban J connectivity index is 2.26. The SMILES string of the molecule is CCNC(=O)c1ccc(N)c(N(CCC#N)C2CC2)c1. The summed E-state index contributed by atoms with van der Waals surface area (Å²) in [6.45, 7) is 3.14. The number of amides is 1. The Hall–Kier alpha value is -2.22. The number of benzene rings is 1. The number of rotatable bonds is 6. The van der Waals surface area contributed by atoms with Gasteiger partial charge in [0.15, 0.2) is 0 Å². The first-order valence-corrected chi connectivity index (χ1v) is 6.98. The van der Waals surface area contributed by atoms with E-state index in [-0.39, 0.29) is 5.91 Å². The standard InChI is InChI=1S/C15H20N4O/c1-2-18-15(20)11-4-7-13(17)14(10-11)19(9-3-8-16)12-5-6-12/h4,7,10,12H,2-3,5-6,9,17H2,1H3,(H,18,20). The normalized spacial score (nSPS) is 13.6. The molecule has 106 valence electrons. The van der Waals surface area contributed by atoms with Crippen molar-refractivity contribution in [2.24, 2.45) is 0 Å². The summed E-state index contributed by atoms with van der Waals surface area (Å²) in [5.74, 6) is -0.0928. The van der Waals surface area contributed by atoms with Gasteiger partial charge < -0.3 is 16.0 Å². The van der Waals surface area contributed by atoms with E-state index in [9.17, 15) is 4.79 Å². The zero-order valence-electron chi connectivity index (χ0n) is 11.7. The summed E-state index contributed by atoms with van der Waals surface area (Å²) in [5.41, 5.74) is 8.18. The topological polar surface area (TPSA) is 82.2 Å². The molecule has 0 aromatic heterocycles. The lowest BCUT2D eigenvalue weighted by Crippen LogP contribution is -2.28. The number of carbonyl (C=O) groups excluding carboxylic acids is 1. The first-order valence-electron chi connectivity index (χ1n) is 6.98. The molecule has 5 heteroatoms. The molecule has 0 bridgehead atoms. The van der Waals surface area contributed by atoms with Crippen molar-refractivity contribution < 1.29 is 4.79 Å². The number of carbonyl (C=O) groups is 1. The molecular formula is C15H20N4O. The van der Waals surface area contributed by atoms with Crippen molar-refractivity contribution in [3.63, 3.8) is 0 Å². The van der Waals surface area contributed by atoms with Gasteiger partial charge in [0, 0.05) is 24.7 Å². The highest BCUT2D eigenvalue weighted by Crippen LogP contribution is 2.35. The zero-order valence-corrected chi connectivity index (χ0v) is 11.7. The van der Waals surface area contributed by atoms with Gasteiger partial charge in [-0.05, 0) is 38.0 Å². The molecule has 5 nitrogen and oxygen atoms in total. The number of anilines is 2. The van der Waals surface area contributed by atoms with Crippen LogP contribution in [0.2, 0.25) is 0 Å². The Kier molecular flexibility index (Phi) is 4.46. The summed E-state index contributed by atoms with van der Waals surface area (Å²) in [6, 6.07) is 7.95. The van der Waals surface area contributed by atoms with E-state index in [4.69, 9.17) is 11.0 Å². The number of nitrogens with one attached hydrogen (secondary N) is 1. The van der Waals surface area contributed by atoms with E-state index in [0.717, 1.165) is 18.5 Å². The average Bonchev–Trinajstić information content (AvgIpc) is 3.26. The van der Waals surface area contributed by atoms with E-state index < -0.39 is 0 Å². The molecule has 1 saturated carbocycles. The molecule has 20 heavy (non-hydrogen) atoms. The van der Waals surface area contributed by atoms with Crippen LogP contribution < -0.4 is 16.0 Å². The van der Waals surface area contributed by atoms with Crippen LogP contribution in [0.25, 0.3) is 0 Å². The molecule has 3 N–H and O–H groups in total. The monoisotopic (exact) mass is 272 g/mol. The highest BCUT2D eigenvalue weighted by molar-refractivity contribution is 5.96. The summed E-state index contributed by atoms with van der Waals surface area (Å²) in [4.78, 5) is 14.1. The molecule has 1 fully saturated rings. The van der Waals surface area contributed by atoms with Gasteiger partial charge in [0.2, 0.25) is 0 Å². The number of nitrogens with zero attached hydrogens (tertiary/aromatic N) is 2. The maximum absolute atomic E-state index is 11.9. The van der Waals surface area contributed by atoms with Crippen molar-refractivity contribution in [2.75, 3.05) is 23.7 Å². The van der Waals surface area contributed by atoms with E-state index in [1.165, 1.54) is 0 Å². The van der Waals surface area contributed by atoms with Gasteiger partial charge in [-0.3, -0.25) is 4.79 Å². The first kappa shape index (κ1) is 14.2. The zero-order chi connectivity index (χ0) is 14.5. The second-order valence-corrected chi connectivity index (χ2v) is 4.97. The van der Waals surface area contributed by atoms with E-state index in [0.29, 0.717) is 36.8 Å². The number of hydrogen-bond acceptors (Lipinski definition) is 4. The number of nitrogen functional groups attached to an aromatic ring is 1. The minimum atomic E-state index is -0.0928. The molecular weight excluding hydrogens is 252 g/mol. The molecule has 1 aromatic carbocycles. The third-order valence-electron chi connectivity index (χ3n) is 3.39. The van der Waals surface area contributed by atoms with Crippen LogP contribution in [0.1, 0.15) is 36.5 Å². The summed E-state index contributed by atoms with van der Waals surface area (Å²) >= 11 is 0. The molecule has 0 saturated heterocycles. The van der Waals surface area contributed by atoms with Crippen LogP contribution >= 0.6 is 0 Å². The molecule has 0 atom stereocenters. The minimum Gasteiger partial charge on any atom is -0.397 e. The molecule has 0 radical (unpaired) electrons. The van der Waals surface area contributed by atoms with Crippen LogP contribution in [-0.4, -0.2) is 25.0 Å². The number of nitrogens with two attached hydrogens (primary N) is 1. The van der Waals surface area contributed by atoms with Gasteiger partial charge in [0.05, 0.1) is 23.9 Å². The maximum atomic E-state index is 11.9. The van der Waals surface area contributed by atoms with Gasteiger partial charge in [-0.2, -0.15) is 5.26 Å². The van der Waals surface area contributed by atoms with Crippen molar-refractivity contribution in [3.8, 4) is 6.07 Å². The van der Waals surface area contributed by atoms with Crippen LogP contribution in [-0.2, 0) is 0 Å². The fraction of sp³-hybridized carbons (Fsp3) is 0.467. The van der Waals surface area contributed by atoms with Gasteiger partial charge >= 0.3 is 0 Å². The van der Waals surface area contributed by atoms with Crippen LogP contribution in [0.15, 0.2) is 18.2 Å². The van der Waals surface area contributed by atoms with Crippen molar-refractivity contribution in [2.45, 2.75) is 32.2 Å². The van der Waals surface area contributed by atoms with Crippen LogP contribution in [0.5, 0.6) is 0 Å². The highest BCUT2D eigenvalue weighted by Gasteiger charge is 2.30. The van der Waals surface area contributed by atoms with Crippen molar-refractivity contribution in [1.82, 2.24) is 5.32 Å². The van der Waals surface area contributed by atoms with Gasteiger partial charge in [-0.15, -0.1) is 0 Å². The molecule has 0 aliphatic heterocycles. The molecule has 1 aromatic rings. The third kappa shape index (κ3) is 3.21. The van der Waals surface area contributed by atoms with E-state index in [2.05, 4.69) is 16.3 Å². The lowest BCUT2D eigenvalue weighted by molar-refractivity contribution is 0.0956. The highest BCUT2D eigenvalue weighted by atomic mass is 16.1. The molecule has 2 rings (SSSR count). The van der Waals surface area contributed by atoms with Crippen LogP contribution in [0.3, 0.4) is 0 Å². The Morgan fingerprint density at radius 3 is 2.90 bits per heavy atom. The van der Waals surface area contributed by atoms with E-state index in [1.54, 1.807) is 12.1 Å². The molecule has 0 unspecified atom stereocenters. The number of nitriles is 1. The van der Waals surface area contributed by atoms with Gasteiger partial charge in [-0.1, -0.05) is 0 Å². The van der Waals surface area contributed by atoms with E-state index in [1.807, 2.05) is 13.0 Å². The predicted octanol–water partition coefficient (Wildman–Crippen LogP) is 1.90. The van der Waals surface area contributed by atoms with Crippen LogP contribution in [0, 0.1) is 11.3 Å². The lowest BCUT2D eigenvalue weighted by atomic mass is 10.1. The molecule has 1 aliphatic rings. The van der Waals surface area contributed by atoms with Gasteiger partial charge in [0.1, 0.15) is 0 Å². The summed E-state index contributed by atoms with van der Waals surface area (Å²) in [7, 11) is 0. The lowest BCUT2D eigenvalue weighted by Gasteiger charge is -2.25. The Bertz CT molecular complexity index is 531. The summed E-state index contributed by atoms with van der Waals surface area (Å²) < 4.78 is 0. The van der Waals surface area contributed by atoms with E-state index >= 15 is 0 Å². The molecule has 1 aliphatic carbocycles. The Morgan fingerprint density at radius 1 is 1.55 bits per heavy atom. The molecule has 0 spiro atoms. The van der Waals surface area contributed by atoms with Gasteiger partial charge in [-0.25, -0.2) is 0 Å². The van der Waals surface area contributed by atoms with Crippen molar-refractivity contribution in [3.05, 3.63) is 23.8 Å². The smallest absolute Gasteiger partial charge is 0.251 e. The Labute approximate surface area is 119 Å². The summed E-state index contributed by atoms with van der Waals surface area (Å²) in [6.07, 6.45) is 2.70. The Morgan fingerprint density at radius 2 is 2.30 bits per heavy atom. The maximum Gasteiger partial charge on any atom is 0.251 e. The molecule has 1 amide bonds. The third-order valence-corrected chi connectivity index (χ3v) is 3.39. The quantitative estimate of drug-likeness (QED) is 0.775. The predicted molar refractivity (Wildman–Crippen MR) is 79.5 cm³/mol. The first-order chi connectivity index (χ1) is 9.67. The molecule has 0 heterocycles. The van der Waals surface area contributed by atoms with Crippen molar-refractivity contribution >= 4 is 17.3 Å². The minimum absolute atomic E-state index is 0.0928. The average molecular weight is 272 g/mol. The summed E-state index contributed by atoms with van der Waals surface area (Å²) in [5, 5.41) is 11.6. The second-order valence-electron chi connectivity index (χ2n) is 4.97. The second kappa shape index (κ2) is 6.29. The van der Waals surface area contributed by atoms with Gasteiger partial charge in [0.25, 0.3) is 5.91 Å². The fourth-order valence-electron chi connectivity index (χ4n) is 2.25. The largest absolute Gasteiger partial charge is 0.397 e. The van der Waals surface area contributed by atoms with Crippen LogP contribution in [0.4, 0.5) is 11.4 Å².